The van der Waals surface area contributed by atoms with Gasteiger partial charge in [-0.05, 0) is 92.3 Å². The first-order chi connectivity index (χ1) is 30.4. The summed E-state index contributed by atoms with van der Waals surface area (Å²) >= 11 is 0. The summed E-state index contributed by atoms with van der Waals surface area (Å²) in [4.78, 5) is 14.7. The number of hydrogen-bond acceptors (Lipinski definition) is 19. The maximum absolute atomic E-state index is 14.7. The van der Waals surface area contributed by atoms with Crippen LogP contribution in [0.1, 0.15) is 92.9 Å². The number of esters is 1. The first kappa shape index (κ1) is 49.9. The number of fused-ring (bicyclic) bond motifs is 7. The van der Waals surface area contributed by atoms with Crippen molar-refractivity contribution in [1.29, 1.82) is 0 Å². The van der Waals surface area contributed by atoms with Crippen molar-refractivity contribution >= 4 is 5.97 Å². The average Bonchev–Trinajstić information content (AvgIpc) is 3.25. The third-order valence-electron chi connectivity index (χ3n) is 19.1. The molecule has 8 aliphatic rings. The lowest BCUT2D eigenvalue weighted by molar-refractivity contribution is -0.354. The van der Waals surface area contributed by atoms with Gasteiger partial charge >= 0.3 is 5.97 Å². The quantitative estimate of drug-likeness (QED) is 0.0736. The van der Waals surface area contributed by atoms with Crippen LogP contribution in [-0.4, -0.2) is 191 Å². The number of aliphatic hydroxyl groups is 12. The highest BCUT2D eigenvalue weighted by Crippen LogP contribution is 2.76. The lowest BCUT2D eigenvalue weighted by Crippen LogP contribution is -2.70. The number of ether oxygens (including phenoxy) is 6. The number of carbonyl (C=O) groups excluding carboxylic acids is 1. The summed E-state index contributed by atoms with van der Waals surface area (Å²) in [6, 6.07) is 0. The van der Waals surface area contributed by atoms with Crippen LogP contribution in [0.2, 0.25) is 0 Å². The van der Waals surface area contributed by atoms with E-state index < -0.39 is 149 Å². The minimum absolute atomic E-state index is 0.0304. The van der Waals surface area contributed by atoms with E-state index in [-0.39, 0.29) is 44.5 Å². The summed E-state index contributed by atoms with van der Waals surface area (Å²) < 4.78 is 34.9. The second kappa shape index (κ2) is 17.4. The molecule has 3 aliphatic heterocycles. The van der Waals surface area contributed by atoms with Gasteiger partial charge in [-0.15, -0.1) is 0 Å². The Labute approximate surface area is 379 Å². The average molecular weight is 931 g/mol. The van der Waals surface area contributed by atoms with Gasteiger partial charge in [-0.1, -0.05) is 46.3 Å². The number of allylic oxidation sites excluding steroid dienone is 2. The van der Waals surface area contributed by atoms with Crippen LogP contribution < -0.4 is 0 Å². The Morgan fingerprint density at radius 3 is 2.02 bits per heavy atom. The van der Waals surface area contributed by atoms with Crippen molar-refractivity contribution in [1.82, 2.24) is 0 Å². The molecule has 0 amide bonds. The number of carbonyl (C=O) groups is 1. The van der Waals surface area contributed by atoms with E-state index in [1.807, 2.05) is 13.8 Å². The van der Waals surface area contributed by atoms with E-state index >= 15 is 0 Å². The zero-order valence-corrected chi connectivity index (χ0v) is 38.3. The van der Waals surface area contributed by atoms with Gasteiger partial charge in [-0.25, -0.2) is 0 Å². The van der Waals surface area contributed by atoms with Crippen molar-refractivity contribution in [3.05, 3.63) is 11.6 Å². The van der Waals surface area contributed by atoms with Crippen molar-refractivity contribution in [2.75, 3.05) is 26.4 Å². The molecular weight excluding hydrogens is 856 g/mol. The van der Waals surface area contributed by atoms with Gasteiger partial charge in [0.2, 0.25) is 6.29 Å². The zero-order valence-electron chi connectivity index (χ0n) is 38.3. The molecule has 19 heteroatoms. The van der Waals surface area contributed by atoms with Crippen LogP contribution in [-0.2, 0) is 33.2 Å². The van der Waals surface area contributed by atoms with Gasteiger partial charge in [-0.3, -0.25) is 4.79 Å². The molecule has 0 radical (unpaired) electrons. The molecule has 3 heterocycles. The summed E-state index contributed by atoms with van der Waals surface area (Å²) in [5, 5.41) is 130. The summed E-state index contributed by atoms with van der Waals surface area (Å²) in [5.41, 5.74) is -3.76. The molecule has 25 atom stereocenters. The smallest absolute Gasteiger partial charge is 0.315 e. The molecule has 372 valence electrons. The summed E-state index contributed by atoms with van der Waals surface area (Å²) in [6.45, 7) is 10.5. The predicted molar refractivity (Wildman–Crippen MR) is 222 cm³/mol. The highest BCUT2D eigenvalue weighted by atomic mass is 16.7. The van der Waals surface area contributed by atoms with Gasteiger partial charge in [-0.2, -0.15) is 0 Å². The van der Waals surface area contributed by atoms with Crippen LogP contribution in [0, 0.1) is 50.7 Å². The summed E-state index contributed by atoms with van der Waals surface area (Å²) in [6.07, 6.45) is -16.3. The second-order valence-electron chi connectivity index (χ2n) is 22.3. The molecule has 8 rings (SSSR count). The first-order valence-corrected chi connectivity index (χ1v) is 23.5. The van der Waals surface area contributed by atoms with E-state index in [2.05, 4.69) is 26.8 Å². The number of rotatable bonds is 8. The molecule has 0 bridgehead atoms. The number of aliphatic hydroxyl groups excluding tert-OH is 11. The Balaban J connectivity index is 1.06. The standard InChI is InChI=1S/C46H74O19/c1-20-28-21-7-8-27-41(2)15-22(49)36(64-38-34(57)35(24(51)18-61-38)63-37-32(55)29(52)23(50)17-60-37)42(3,19-48)26(41)9-10-44(27,5)43(21,4)11-13-46(28,14-12-45(20,6)59)40(58)65-39-33(56)31(54)30(53)25(16-47)62-39/h7,20,22-39,47-57,59H,8-19H2,1-6H3/t20-,22-,23-,24+,25-,26-,27-,28-,29+,30-,31+,32-,33-,34-,35+,36+,37+,38+,39+,41+,42+,43-,44-,45+,46-/m1/s1. The fourth-order valence-electron chi connectivity index (χ4n) is 14.8. The fourth-order valence-corrected chi connectivity index (χ4v) is 14.8. The van der Waals surface area contributed by atoms with Crippen LogP contribution in [0.3, 0.4) is 0 Å². The highest BCUT2D eigenvalue weighted by molar-refractivity contribution is 5.79. The van der Waals surface area contributed by atoms with Gasteiger partial charge in [0.25, 0.3) is 0 Å². The minimum Gasteiger partial charge on any atom is -0.432 e. The van der Waals surface area contributed by atoms with E-state index in [9.17, 15) is 66.1 Å². The fraction of sp³-hybridized carbons (Fsp3) is 0.935. The van der Waals surface area contributed by atoms with E-state index in [0.29, 0.717) is 38.5 Å². The van der Waals surface area contributed by atoms with Gasteiger partial charge in [0.15, 0.2) is 12.6 Å². The van der Waals surface area contributed by atoms with E-state index in [1.54, 1.807) is 6.92 Å². The summed E-state index contributed by atoms with van der Waals surface area (Å²) in [5.74, 6) is -1.77. The molecule has 3 saturated heterocycles. The molecule has 0 aromatic carbocycles. The van der Waals surface area contributed by atoms with Crippen molar-refractivity contribution in [3.63, 3.8) is 0 Å². The SMILES string of the molecule is C[C@@H]1[C@@H]2C3=CC[C@@H]4[C@@]5(C)C[C@@H](O)[C@H](O[C@@H]6OC[C@H](O)[C@H](O[C@@H]7OC[C@@H](O)[C@H](O)[C@H]7O)[C@H]6O)[C@@](C)(CO)[C@@H]5CC[C@@]4(C)[C@]3(C)CC[C@@]2(C(=O)O[C@@H]2O[C@H](CO)[C@@H](O)[C@H](O)[C@H]2O)CC[C@]1(C)O. The van der Waals surface area contributed by atoms with Crippen molar-refractivity contribution < 1.29 is 94.5 Å². The highest BCUT2D eigenvalue weighted by Gasteiger charge is 2.72. The Bertz CT molecular complexity index is 1780. The third kappa shape index (κ3) is 7.52. The molecule has 0 spiro atoms. The second-order valence-corrected chi connectivity index (χ2v) is 22.3. The van der Waals surface area contributed by atoms with Crippen molar-refractivity contribution in [3.8, 4) is 0 Å². The zero-order chi connectivity index (χ0) is 47.6. The van der Waals surface area contributed by atoms with Crippen LogP contribution in [0.4, 0.5) is 0 Å². The number of hydrogen-bond donors (Lipinski definition) is 12. The maximum Gasteiger partial charge on any atom is 0.315 e. The van der Waals surface area contributed by atoms with Crippen molar-refractivity contribution in [2.45, 2.75) is 191 Å². The van der Waals surface area contributed by atoms with Crippen LogP contribution >= 0.6 is 0 Å². The predicted octanol–water partition coefficient (Wildman–Crippen LogP) is -1.67. The third-order valence-corrected chi connectivity index (χ3v) is 19.1. The minimum atomic E-state index is -1.77. The molecule has 7 fully saturated rings. The molecular formula is C46H74O19. The van der Waals surface area contributed by atoms with Crippen LogP contribution in [0.25, 0.3) is 0 Å². The normalized spacial score (nSPS) is 56.9. The Morgan fingerprint density at radius 2 is 1.35 bits per heavy atom. The maximum atomic E-state index is 14.7. The van der Waals surface area contributed by atoms with Gasteiger partial charge in [0, 0.05) is 11.3 Å². The molecule has 4 saturated carbocycles. The van der Waals surface area contributed by atoms with Crippen LogP contribution in [0.5, 0.6) is 0 Å². The molecule has 0 unspecified atom stereocenters. The lowest BCUT2D eigenvalue weighted by atomic mass is 9.33. The van der Waals surface area contributed by atoms with Crippen molar-refractivity contribution in [2.24, 2.45) is 50.7 Å². The molecule has 5 aliphatic carbocycles. The largest absolute Gasteiger partial charge is 0.432 e. The first-order valence-electron chi connectivity index (χ1n) is 23.5. The molecule has 0 aromatic heterocycles. The molecule has 12 N–H and O–H groups in total. The van der Waals surface area contributed by atoms with Gasteiger partial charge in [0.05, 0.1) is 49.7 Å². The molecule has 0 aromatic rings. The van der Waals surface area contributed by atoms with E-state index in [0.717, 1.165) is 5.57 Å². The monoisotopic (exact) mass is 930 g/mol. The summed E-state index contributed by atoms with van der Waals surface area (Å²) in [7, 11) is 0. The van der Waals surface area contributed by atoms with Gasteiger partial charge < -0.3 is 89.7 Å². The molecule has 65 heavy (non-hydrogen) atoms. The lowest BCUT2D eigenvalue weighted by Gasteiger charge is -2.72. The topological polar surface area (TPSA) is 315 Å². The van der Waals surface area contributed by atoms with E-state index in [4.69, 9.17) is 28.4 Å². The Morgan fingerprint density at radius 1 is 0.723 bits per heavy atom. The Hall–Kier alpha value is -1.47. The Kier molecular flexibility index (Phi) is 13.4. The van der Waals surface area contributed by atoms with Crippen LogP contribution in [0.15, 0.2) is 11.6 Å². The van der Waals surface area contributed by atoms with Gasteiger partial charge in [0.1, 0.15) is 61.0 Å². The van der Waals surface area contributed by atoms with E-state index in [1.165, 1.54) is 0 Å². The molecule has 19 nitrogen and oxygen atoms in total.